The summed E-state index contributed by atoms with van der Waals surface area (Å²) < 4.78 is 40.6. The first-order chi connectivity index (χ1) is 19.3. The zero-order chi connectivity index (χ0) is 30.0. The zero-order valence-corrected chi connectivity index (χ0v) is 24.7. The molecule has 1 saturated carbocycles. The van der Waals surface area contributed by atoms with Crippen molar-refractivity contribution in [2.24, 2.45) is 5.41 Å². The molecule has 0 heterocycles. The minimum Gasteiger partial charge on any atom is -0.393 e. The first-order valence-corrected chi connectivity index (χ1v) is 14.9. The number of carbonyl (C=O) groups is 1. The second-order valence-electron chi connectivity index (χ2n) is 12.6. The molecule has 2 bridgehead atoms. The summed E-state index contributed by atoms with van der Waals surface area (Å²) in [4.78, 5) is 16.2. The van der Waals surface area contributed by atoms with Gasteiger partial charge in [-0.15, -0.1) is 0 Å². The average Bonchev–Trinajstić information content (AvgIpc) is 3.15. The quantitative estimate of drug-likeness (QED) is 0.282. The van der Waals surface area contributed by atoms with Gasteiger partial charge >= 0.3 is 6.18 Å². The highest BCUT2D eigenvalue weighted by Gasteiger charge is 2.57. The molecule has 3 aliphatic carbocycles. The molecule has 7 heteroatoms. The fourth-order valence-corrected chi connectivity index (χ4v) is 7.10. The lowest BCUT2D eigenvalue weighted by molar-refractivity contribution is -0.137. The van der Waals surface area contributed by atoms with Gasteiger partial charge in [0.05, 0.1) is 17.3 Å². The van der Waals surface area contributed by atoms with Gasteiger partial charge in [-0.1, -0.05) is 49.8 Å². The summed E-state index contributed by atoms with van der Waals surface area (Å²) >= 11 is 0. The first-order valence-electron chi connectivity index (χ1n) is 14.9. The molecule has 0 aromatic heterocycles. The van der Waals surface area contributed by atoms with E-state index < -0.39 is 34.6 Å². The van der Waals surface area contributed by atoms with Gasteiger partial charge in [0.1, 0.15) is 0 Å². The van der Waals surface area contributed by atoms with Crippen molar-refractivity contribution in [1.29, 1.82) is 0 Å². The number of nitrogens with zero attached hydrogens (tertiary/aromatic N) is 1. The molecule has 5 rings (SSSR count). The fourth-order valence-electron chi connectivity index (χ4n) is 7.10. The third kappa shape index (κ3) is 6.79. The van der Waals surface area contributed by atoms with Gasteiger partial charge in [-0.25, -0.2) is 0 Å². The molecule has 1 fully saturated rings. The number of aliphatic hydroxyl groups is 2. The summed E-state index contributed by atoms with van der Waals surface area (Å²) in [5.74, 6) is -0.630. The maximum Gasteiger partial charge on any atom is 0.416 e. The van der Waals surface area contributed by atoms with E-state index in [1.807, 2.05) is 19.2 Å². The Morgan fingerprint density at radius 1 is 1.12 bits per heavy atom. The van der Waals surface area contributed by atoms with Crippen LogP contribution in [0.1, 0.15) is 104 Å². The maximum absolute atomic E-state index is 14.0. The van der Waals surface area contributed by atoms with Crippen LogP contribution < -0.4 is 0 Å². The lowest BCUT2D eigenvalue weighted by atomic mass is 9.64. The molecule has 4 atom stereocenters. The number of halogens is 3. The average molecular weight is 572 g/mol. The molecule has 224 valence electrons. The number of alkyl halides is 3. The van der Waals surface area contributed by atoms with Crippen molar-refractivity contribution < 1.29 is 28.2 Å². The van der Waals surface area contributed by atoms with Crippen LogP contribution in [0.5, 0.6) is 0 Å². The molecule has 3 aliphatic rings. The van der Waals surface area contributed by atoms with Crippen LogP contribution in [-0.2, 0) is 12.6 Å². The third-order valence-corrected chi connectivity index (χ3v) is 9.51. The van der Waals surface area contributed by atoms with E-state index in [1.165, 1.54) is 17.7 Å². The van der Waals surface area contributed by atoms with Crippen LogP contribution in [0.15, 0.2) is 54.1 Å². The van der Waals surface area contributed by atoms with E-state index in [-0.39, 0.29) is 11.5 Å². The van der Waals surface area contributed by atoms with Crippen molar-refractivity contribution >= 4 is 5.78 Å². The van der Waals surface area contributed by atoms with E-state index in [0.717, 1.165) is 49.1 Å². The van der Waals surface area contributed by atoms with Gasteiger partial charge in [0.15, 0.2) is 5.78 Å². The predicted octanol–water partition coefficient (Wildman–Crippen LogP) is 7.32. The van der Waals surface area contributed by atoms with Gasteiger partial charge < -0.3 is 15.1 Å². The zero-order valence-electron chi connectivity index (χ0n) is 24.7. The molecule has 0 amide bonds. The predicted molar refractivity (Wildman–Crippen MR) is 156 cm³/mol. The van der Waals surface area contributed by atoms with Gasteiger partial charge in [0, 0.05) is 23.1 Å². The number of hydrogen-bond donors (Lipinski definition) is 2. The lowest BCUT2D eigenvalue weighted by Gasteiger charge is -2.45. The Hall–Kier alpha value is -2.48. The van der Waals surface area contributed by atoms with E-state index >= 15 is 0 Å². The molecular formula is C34H44F3NO3. The van der Waals surface area contributed by atoms with Gasteiger partial charge in [-0.05, 0) is 107 Å². The topological polar surface area (TPSA) is 60.8 Å². The van der Waals surface area contributed by atoms with E-state index in [2.05, 4.69) is 31.7 Å². The molecule has 0 radical (unpaired) electrons. The molecule has 2 N–H and O–H groups in total. The molecule has 2 aromatic rings. The second-order valence-corrected chi connectivity index (χ2v) is 12.6. The molecule has 41 heavy (non-hydrogen) atoms. The highest BCUT2D eigenvalue weighted by molar-refractivity contribution is 6.10. The van der Waals surface area contributed by atoms with Crippen molar-refractivity contribution in [2.75, 3.05) is 20.1 Å². The Labute approximate surface area is 242 Å². The van der Waals surface area contributed by atoms with Crippen molar-refractivity contribution in [1.82, 2.24) is 4.90 Å². The number of ketones is 1. The molecule has 4 nitrogen and oxygen atoms in total. The molecule has 2 aromatic carbocycles. The molecule has 0 spiro atoms. The summed E-state index contributed by atoms with van der Waals surface area (Å²) in [5, 5.41) is 23.0. The number of aliphatic hydroxyl groups excluding tert-OH is 1. The van der Waals surface area contributed by atoms with Crippen molar-refractivity contribution in [3.8, 4) is 0 Å². The second kappa shape index (κ2) is 12.4. The summed E-state index contributed by atoms with van der Waals surface area (Å²) in [6.45, 7) is 7.68. The first kappa shape index (κ1) is 31.5. The number of allylic oxidation sites excluding steroid dienone is 2. The van der Waals surface area contributed by atoms with Crippen molar-refractivity contribution in [3.63, 3.8) is 0 Å². The lowest BCUT2D eigenvalue weighted by Crippen LogP contribution is -2.51. The van der Waals surface area contributed by atoms with E-state index in [0.29, 0.717) is 44.2 Å². The number of rotatable bonds is 6. The van der Waals surface area contributed by atoms with Gasteiger partial charge in [0.25, 0.3) is 0 Å². The minimum atomic E-state index is -4.56. The molecule has 0 saturated heterocycles. The summed E-state index contributed by atoms with van der Waals surface area (Å²) in [6, 6.07) is 10.2. The Balaban J connectivity index is 1.85. The molecule has 0 aliphatic heterocycles. The standard InChI is InChI=1S/C34H44F3NO3/c1-5-18-38(4)22-33(41)17-15-30-28-14-12-24(19-27(39)13-11-23(2)8-7-16-32(30,33)3)20-29(28)31(40)25-9-6-10-26(21-25)34(35,36)37/h6,8-10,12,14,20-21,27,30,39,41H,5,7,11,13,15-19,22H2,1-4H3/t27-,30-,32-,33+/m0/s1. The van der Waals surface area contributed by atoms with Gasteiger partial charge in [-0.3, -0.25) is 4.79 Å². The van der Waals surface area contributed by atoms with E-state index in [4.69, 9.17) is 0 Å². The van der Waals surface area contributed by atoms with Gasteiger partial charge in [0.2, 0.25) is 0 Å². The number of benzene rings is 2. The Morgan fingerprint density at radius 3 is 2.59 bits per heavy atom. The Kier molecular flexibility index (Phi) is 9.52. The summed E-state index contributed by atoms with van der Waals surface area (Å²) in [7, 11) is 2.02. The van der Waals surface area contributed by atoms with Crippen LogP contribution in [0, 0.1) is 5.41 Å². The number of fused-ring (bicyclic) bond motifs is 8. The van der Waals surface area contributed by atoms with E-state index in [9.17, 15) is 28.2 Å². The normalized spacial score (nSPS) is 27.4. The SMILES string of the molecule is CCCN(C)C[C@]1(O)CC[C@H]2c3ccc(cc3C(=O)c3cccc(C(F)(F)F)c3)C[C@@H](O)CCC(C)=CCC[C@@]21C. The number of hydrogen-bond acceptors (Lipinski definition) is 4. The summed E-state index contributed by atoms with van der Waals surface area (Å²) in [6.07, 6.45) is 2.38. The highest BCUT2D eigenvalue weighted by Crippen LogP contribution is 2.58. The largest absolute Gasteiger partial charge is 0.416 e. The summed E-state index contributed by atoms with van der Waals surface area (Å²) in [5.41, 5.74) is 0.662. The highest BCUT2D eigenvalue weighted by atomic mass is 19.4. The Morgan fingerprint density at radius 2 is 1.88 bits per heavy atom. The number of likely N-dealkylation sites (N-methyl/N-ethyl adjacent to an activating group) is 1. The van der Waals surface area contributed by atoms with Crippen molar-refractivity contribution in [3.05, 3.63) is 81.9 Å². The van der Waals surface area contributed by atoms with Crippen LogP contribution in [0.3, 0.4) is 0 Å². The third-order valence-electron chi connectivity index (χ3n) is 9.51. The van der Waals surface area contributed by atoms with E-state index in [1.54, 1.807) is 6.07 Å². The monoisotopic (exact) mass is 571 g/mol. The van der Waals surface area contributed by atoms with Crippen LogP contribution in [0.4, 0.5) is 13.2 Å². The molecule has 0 unspecified atom stereocenters. The van der Waals surface area contributed by atoms with Crippen LogP contribution in [-0.4, -0.2) is 52.7 Å². The minimum absolute atomic E-state index is 0.0175. The smallest absolute Gasteiger partial charge is 0.393 e. The van der Waals surface area contributed by atoms with Crippen LogP contribution in [0.2, 0.25) is 0 Å². The Bertz CT molecular complexity index is 1270. The van der Waals surface area contributed by atoms with Crippen LogP contribution in [0.25, 0.3) is 0 Å². The number of carbonyl (C=O) groups excluding carboxylic acids is 1. The maximum atomic E-state index is 14.0. The van der Waals surface area contributed by atoms with Crippen molar-refractivity contribution in [2.45, 2.75) is 95.9 Å². The van der Waals surface area contributed by atoms with Crippen LogP contribution >= 0.6 is 0 Å². The fraction of sp³-hybridized carbons (Fsp3) is 0.559. The molecular weight excluding hydrogens is 527 g/mol. The van der Waals surface area contributed by atoms with Gasteiger partial charge in [-0.2, -0.15) is 13.2 Å².